The predicted octanol–water partition coefficient (Wildman–Crippen LogP) is 2.72. The number of alkyl halides is 2. The number of hydrogen-bond donors (Lipinski definition) is 2. The summed E-state index contributed by atoms with van der Waals surface area (Å²) in [6.45, 7) is -3.15. The van der Waals surface area contributed by atoms with Crippen LogP contribution in [0.4, 0.5) is 20.2 Å². The summed E-state index contributed by atoms with van der Waals surface area (Å²) in [6, 6.07) is 4.70. The van der Waals surface area contributed by atoms with Gasteiger partial charge in [0, 0.05) is 31.2 Å². The van der Waals surface area contributed by atoms with E-state index in [1.54, 1.807) is 31.7 Å². The molecule has 13 heteroatoms. The van der Waals surface area contributed by atoms with E-state index < -0.39 is 21.6 Å². The lowest BCUT2D eigenvalue weighted by Crippen LogP contribution is -2.05. The average molecular weight is 436 g/mol. The van der Waals surface area contributed by atoms with Crippen LogP contribution in [0.5, 0.6) is 5.75 Å². The van der Waals surface area contributed by atoms with Crippen LogP contribution in [0.15, 0.2) is 53.9 Å². The molecule has 156 valence electrons. The van der Waals surface area contributed by atoms with Gasteiger partial charge >= 0.3 is 6.61 Å². The molecule has 0 aliphatic heterocycles. The predicted molar refractivity (Wildman–Crippen MR) is 101 cm³/mol. The summed E-state index contributed by atoms with van der Waals surface area (Å²) in [5, 5.41) is 11.5. The molecule has 0 amide bonds. The number of aromatic nitrogens is 5. The molecule has 1 aromatic carbocycles. The Morgan fingerprint density at radius 2 is 2.07 bits per heavy atom. The molecule has 0 unspecified atom stereocenters. The van der Waals surface area contributed by atoms with Gasteiger partial charge in [-0.25, -0.2) is 9.50 Å². The molecule has 0 saturated carbocycles. The molecular weight excluding hydrogens is 422 g/mol. The number of benzene rings is 1. The highest BCUT2D eigenvalue weighted by atomic mass is 32.2. The molecule has 2 N–H and O–H groups in total. The number of aryl methyl sites for hydroxylation is 1. The Morgan fingerprint density at radius 3 is 2.80 bits per heavy atom. The summed E-state index contributed by atoms with van der Waals surface area (Å²) < 4.78 is 65.7. The summed E-state index contributed by atoms with van der Waals surface area (Å²) in [6.07, 6.45) is 6.36. The summed E-state index contributed by atoms with van der Waals surface area (Å²) in [4.78, 5) is 3.73. The van der Waals surface area contributed by atoms with Gasteiger partial charge in [0.15, 0.2) is 5.65 Å². The Morgan fingerprint density at radius 1 is 1.27 bits per heavy atom. The molecule has 0 atom stereocenters. The second-order valence-corrected chi connectivity index (χ2v) is 7.57. The number of nitrogens with one attached hydrogen (secondary N) is 1. The van der Waals surface area contributed by atoms with E-state index in [4.69, 9.17) is 0 Å². The number of hydrogen-bond acceptors (Lipinski definition) is 7. The van der Waals surface area contributed by atoms with E-state index in [0.29, 0.717) is 17.0 Å². The van der Waals surface area contributed by atoms with Gasteiger partial charge in [-0.05, 0) is 24.3 Å². The molecule has 0 saturated heterocycles. The van der Waals surface area contributed by atoms with Crippen molar-refractivity contribution in [3.63, 3.8) is 0 Å². The molecule has 3 heterocycles. The minimum Gasteiger partial charge on any atom is -0.434 e. The highest BCUT2D eigenvalue weighted by Gasteiger charge is 2.22. The van der Waals surface area contributed by atoms with E-state index in [9.17, 15) is 21.8 Å². The number of rotatable bonds is 6. The largest absolute Gasteiger partial charge is 0.434 e. The van der Waals surface area contributed by atoms with Crippen LogP contribution < -0.4 is 10.1 Å². The zero-order valence-electron chi connectivity index (χ0n) is 15.3. The third-order valence-corrected chi connectivity index (χ3v) is 4.95. The molecule has 0 spiro atoms. The fourth-order valence-electron chi connectivity index (χ4n) is 2.89. The average Bonchev–Trinajstić information content (AvgIpc) is 3.24. The normalized spacial score (nSPS) is 11.9. The Kier molecular flexibility index (Phi) is 4.83. The van der Waals surface area contributed by atoms with Gasteiger partial charge in [-0.15, -0.1) is 0 Å². The lowest BCUT2D eigenvalue weighted by molar-refractivity contribution is -0.0494. The second kappa shape index (κ2) is 7.35. The molecule has 4 rings (SSSR count). The molecule has 30 heavy (non-hydrogen) atoms. The van der Waals surface area contributed by atoms with Crippen LogP contribution in [-0.2, 0) is 17.2 Å². The maximum absolute atomic E-state index is 12.9. The van der Waals surface area contributed by atoms with Crippen molar-refractivity contribution in [2.24, 2.45) is 7.05 Å². The second-order valence-electron chi connectivity index (χ2n) is 6.15. The first-order valence-corrected chi connectivity index (χ1v) is 9.82. The van der Waals surface area contributed by atoms with Gasteiger partial charge in [0.1, 0.15) is 17.1 Å². The van der Waals surface area contributed by atoms with Crippen LogP contribution in [-0.4, -0.2) is 44.0 Å². The summed E-state index contributed by atoms with van der Waals surface area (Å²) in [5.74, 6) is -0.308. The van der Waals surface area contributed by atoms with Crippen molar-refractivity contribution in [3.8, 4) is 17.0 Å². The van der Waals surface area contributed by atoms with Gasteiger partial charge in [0.25, 0.3) is 10.1 Å². The standard InChI is InChI=1S/C17H14F2N6O4S/c1-24-9-13(22-12-8-21-25-6-2-5-20-16(12)25)15(23-24)11-7-10(30(26,27)28)3-4-14(11)29-17(18)19/h2-9,17,22H,1H3,(H,26,27,28). The number of anilines is 2. The van der Waals surface area contributed by atoms with Crippen molar-refractivity contribution >= 4 is 27.1 Å². The van der Waals surface area contributed by atoms with Crippen LogP contribution >= 0.6 is 0 Å². The third-order valence-electron chi connectivity index (χ3n) is 4.10. The van der Waals surface area contributed by atoms with Crippen molar-refractivity contribution in [2.45, 2.75) is 11.5 Å². The molecule has 0 aliphatic carbocycles. The number of ether oxygens (including phenoxy) is 1. The molecule has 10 nitrogen and oxygen atoms in total. The van der Waals surface area contributed by atoms with E-state index >= 15 is 0 Å². The molecule has 4 aromatic rings. The third kappa shape index (κ3) is 3.79. The van der Waals surface area contributed by atoms with Crippen LogP contribution in [0.3, 0.4) is 0 Å². The summed E-state index contributed by atoms with van der Waals surface area (Å²) >= 11 is 0. The Hall–Kier alpha value is -3.58. The van der Waals surface area contributed by atoms with Gasteiger partial charge in [-0.3, -0.25) is 9.23 Å². The van der Waals surface area contributed by atoms with Crippen molar-refractivity contribution in [3.05, 3.63) is 49.1 Å². The van der Waals surface area contributed by atoms with Crippen LogP contribution in [0.2, 0.25) is 0 Å². The maximum Gasteiger partial charge on any atom is 0.387 e. The van der Waals surface area contributed by atoms with Crippen molar-refractivity contribution in [1.29, 1.82) is 0 Å². The molecule has 0 bridgehead atoms. The quantitative estimate of drug-likeness (QED) is 0.442. The van der Waals surface area contributed by atoms with Gasteiger partial charge in [0.05, 0.1) is 16.8 Å². The fourth-order valence-corrected chi connectivity index (χ4v) is 3.40. The zero-order chi connectivity index (χ0) is 21.5. The van der Waals surface area contributed by atoms with E-state index in [1.165, 1.54) is 15.4 Å². The lowest BCUT2D eigenvalue weighted by Gasteiger charge is -2.12. The van der Waals surface area contributed by atoms with Crippen molar-refractivity contribution < 1.29 is 26.5 Å². The Labute approximate surface area is 168 Å². The minimum atomic E-state index is -4.58. The number of halogens is 2. The minimum absolute atomic E-state index is 0.0574. The first kappa shape index (κ1) is 19.7. The SMILES string of the molecule is Cn1cc(Nc2cnn3cccnc23)c(-c2cc(S(=O)(=O)O)ccc2OC(F)F)n1. The van der Waals surface area contributed by atoms with Gasteiger partial charge < -0.3 is 10.1 Å². The fraction of sp³-hybridized carbons (Fsp3) is 0.118. The Bertz CT molecular complexity index is 1340. The molecule has 0 radical (unpaired) electrons. The van der Waals surface area contributed by atoms with Gasteiger partial charge in [-0.2, -0.15) is 27.4 Å². The smallest absolute Gasteiger partial charge is 0.387 e. The van der Waals surface area contributed by atoms with Gasteiger partial charge in [-0.1, -0.05) is 0 Å². The summed E-state index contributed by atoms with van der Waals surface area (Å²) in [5.41, 5.74) is 1.42. The first-order valence-electron chi connectivity index (χ1n) is 8.38. The van der Waals surface area contributed by atoms with E-state index in [0.717, 1.165) is 18.2 Å². The highest BCUT2D eigenvalue weighted by Crippen LogP contribution is 2.37. The monoisotopic (exact) mass is 436 g/mol. The first-order chi connectivity index (χ1) is 14.2. The van der Waals surface area contributed by atoms with Crippen molar-refractivity contribution in [1.82, 2.24) is 24.4 Å². The van der Waals surface area contributed by atoms with Crippen LogP contribution in [0.25, 0.3) is 16.9 Å². The lowest BCUT2D eigenvalue weighted by atomic mass is 10.1. The van der Waals surface area contributed by atoms with E-state index in [2.05, 4.69) is 25.2 Å². The highest BCUT2D eigenvalue weighted by molar-refractivity contribution is 7.85. The van der Waals surface area contributed by atoms with Crippen LogP contribution in [0, 0.1) is 0 Å². The molecule has 0 aliphatic rings. The van der Waals surface area contributed by atoms with Gasteiger partial charge in [0.2, 0.25) is 0 Å². The topological polar surface area (TPSA) is 124 Å². The van der Waals surface area contributed by atoms with E-state index in [-0.39, 0.29) is 17.0 Å². The number of fused-ring (bicyclic) bond motifs is 1. The number of nitrogens with zero attached hydrogens (tertiary/aromatic N) is 5. The Balaban J connectivity index is 1.85. The molecule has 0 fully saturated rings. The zero-order valence-corrected chi connectivity index (χ0v) is 16.1. The molecule has 3 aromatic heterocycles. The summed E-state index contributed by atoms with van der Waals surface area (Å²) in [7, 11) is -2.98. The van der Waals surface area contributed by atoms with E-state index in [1.807, 2.05) is 0 Å². The van der Waals surface area contributed by atoms with Crippen LogP contribution in [0.1, 0.15) is 0 Å². The molecular formula is C17H14F2N6O4S. The van der Waals surface area contributed by atoms with Crippen molar-refractivity contribution in [2.75, 3.05) is 5.32 Å². The maximum atomic E-state index is 12.9.